The third-order valence-corrected chi connectivity index (χ3v) is 3.25. The van der Waals surface area contributed by atoms with Crippen LogP contribution in [0.3, 0.4) is 0 Å². The number of hydrogen-bond donors (Lipinski definition) is 1. The number of amides is 1. The van der Waals surface area contributed by atoms with Crippen molar-refractivity contribution in [1.82, 2.24) is 9.88 Å². The molecule has 0 aromatic carbocycles. The Hall–Kier alpha value is -1.58. The first-order chi connectivity index (χ1) is 8.59. The number of rotatable bonds is 5. The molecule has 4 heteroatoms. The van der Waals surface area contributed by atoms with Crippen molar-refractivity contribution in [3.63, 3.8) is 0 Å². The van der Waals surface area contributed by atoms with Gasteiger partial charge in [0.15, 0.2) is 5.43 Å². The van der Waals surface area contributed by atoms with Crippen LogP contribution in [0.4, 0.5) is 0 Å². The number of nitrogens with one attached hydrogen (secondary N) is 1. The molecule has 1 aliphatic rings. The number of aromatic amines is 1. The molecule has 2 rings (SSSR count). The molecule has 18 heavy (non-hydrogen) atoms. The second-order valence-corrected chi connectivity index (χ2v) is 5.33. The van der Waals surface area contributed by atoms with Crippen LogP contribution in [0, 0.1) is 5.92 Å². The van der Waals surface area contributed by atoms with Crippen LogP contribution in [0.2, 0.25) is 0 Å². The summed E-state index contributed by atoms with van der Waals surface area (Å²) in [6.07, 6.45) is 6.17. The molecule has 1 aromatic heterocycles. The Morgan fingerprint density at radius 3 is 2.78 bits per heavy atom. The van der Waals surface area contributed by atoms with Crippen LogP contribution in [-0.4, -0.2) is 28.4 Å². The van der Waals surface area contributed by atoms with Gasteiger partial charge in [0.1, 0.15) is 5.56 Å². The maximum Gasteiger partial charge on any atom is 0.259 e. The quantitative estimate of drug-likeness (QED) is 0.866. The van der Waals surface area contributed by atoms with Crippen molar-refractivity contribution >= 4 is 5.91 Å². The van der Waals surface area contributed by atoms with E-state index >= 15 is 0 Å². The molecule has 0 spiro atoms. The largest absolute Gasteiger partial charge is 0.367 e. The SMILES string of the molecule is CC(C)CCN(C(=O)c1c[nH]ccc1=O)C1CC1. The molecule has 0 atom stereocenters. The second kappa shape index (κ2) is 5.38. The highest BCUT2D eigenvalue weighted by molar-refractivity contribution is 5.94. The monoisotopic (exact) mass is 248 g/mol. The van der Waals surface area contributed by atoms with Gasteiger partial charge in [-0.3, -0.25) is 9.59 Å². The minimum Gasteiger partial charge on any atom is -0.367 e. The molecule has 1 amide bonds. The molecule has 0 radical (unpaired) electrons. The fourth-order valence-electron chi connectivity index (χ4n) is 1.97. The highest BCUT2D eigenvalue weighted by Gasteiger charge is 2.33. The number of H-pyrrole nitrogens is 1. The summed E-state index contributed by atoms with van der Waals surface area (Å²) in [5.41, 5.74) is 0.0575. The smallest absolute Gasteiger partial charge is 0.259 e. The molecule has 1 heterocycles. The number of hydrogen-bond acceptors (Lipinski definition) is 2. The topological polar surface area (TPSA) is 53.2 Å². The minimum absolute atomic E-state index is 0.125. The van der Waals surface area contributed by atoms with Gasteiger partial charge in [-0.2, -0.15) is 0 Å². The lowest BCUT2D eigenvalue weighted by molar-refractivity contribution is 0.0733. The molecular formula is C14H20N2O2. The summed E-state index contributed by atoms with van der Waals surface area (Å²) in [7, 11) is 0. The molecule has 1 aromatic rings. The van der Waals surface area contributed by atoms with Crippen molar-refractivity contribution in [3.8, 4) is 0 Å². The Bertz CT molecular complexity index is 475. The van der Waals surface area contributed by atoms with Gasteiger partial charge < -0.3 is 9.88 Å². The van der Waals surface area contributed by atoms with E-state index in [2.05, 4.69) is 18.8 Å². The van der Waals surface area contributed by atoms with Crippen molar-refractivity contribution in [2.45, 2.75) is 39.2 Å². The Balaban J connectivity index is 2.13. The van der Waals surface area contributed by atoms with E-state index in [1.807, 2.05) is 4.90 Å². The first-order valence-corrected chi connectivity index (χ1v) is 6.57. The summed E-state index contributed by atoms with van der Waals surface area (Å²) in [5, 5.41) is 0. The van der Waals surface area contributed by atoms with Gasteiger partial charge in [-0.1, -0.05) is 13.8 Å². The summed E-state index contributed by atoms with van der Waals surface area (Å²) < 4.78 is 0. The predicted octanol–water partition coefficient (Wildman–Crippen LogP) is 2.03. The molecule has 1 saturated carbocycles. The van der Waals surface area contributed by atoms with Gasteiger partial charge in [0, 0.05) is 31.0 Å². The van der Waals surface area contributed by atoms with Crippen molar-refractivity contribution in [2.75, 3.05) is 6.54 Å². The van der Waals surface area contributed by atoms with Crippen LogP contribution in [0.5, 0.6) is 0 Å². The summed E-state index contributed by atoms with van der Waals surface area (Å²) in [6.45, 7) is 5.03. The maximum atomic E-state index is 12.4. The molecule has 1 fully saturated rings. The normalized spacial score (nSPS) is 14.8. The first kappa shape index (κ1) is 12.9. The van der Waals surface area contributed by atoms with Gasteiger partial charge in [0.05, 0.1) is 0 Å². The van der Waals surface area contributed by atoms with Crippen LogP contribution < -0.4 is 5.43 Å². The van der Waals surface area contributed by atoms with Crippen molar-refractivity contribution < 1.29 is 4.79 Å². The lowest BCUT2D eigenvalue weighted by atomic mass is 10.1. The van der Waals surface area contributed by atoms with E-state index in [-0.39, 0.29) is 16.9 Å². The second-order valence-electron chi connectivity index (χ2n) is 5.33. The Morgan fingerprint density at radius 1 is 1.50 bits per heavy atom. The van der Waals surface area contributed by atoms with Gasteiger partial charge in [0.2, 0.25) is 0 Å². The number of aromatic nitrogens is 1. The highest BCUT2D eigenvalue weighted by Crippen LogP contribution is 2.28. The van der Waals surface area contributed by atoms with Crippen LogP contribution in [0.15, 0.2) is 23.3 Å². The van der Waals surface area contributed by atoms with Crippen molar-refractivity contribution in [1.29, 1.82) is 0 Å². The third kappa shape index (κ3) is 3.00. The number of carbonyl (C=O) groups is 1. The van der Waals surface area contributed by atoms with Crippen LogP contribution in [-0.2, 0) is 0 Å². The minimum atomic E-state index is -0.200. The molecule has 4 nitrogen and oxygen atoms in total. The Kier molecular flexibility index (Phi) is 3.84. The number of nitrogens with zero attached hydrogens (tertiary/aromatic N) is 1. The van der Waals surface area contributed by atoms with Gasteiger partial charge in [-0.05, 0) is 25.2 Å². The average molecular weight is 248 g/mol. The predicted molar refractivity (Wildman–Crippen MR) is 70.6 cm³/mol. The van der Waals surface area contributed by atoms with E-state index in [0.29, 0.717) is 12.0 Å². The van der Waals surface area contributed by atoms with Gasteiger partial charge in [-0.15, -0.1) is 0 Å². The van der Waals surface area contributed by atoms with E-state index < -0.39 is 0 Å². The summed E-state index contributed by atoms with van der Waals surface area (Å²) in [5.74, 6) is 0.438. The lowest BCUT2D eigenvalue weighted by Gasteiger charge is -2.23. The molecular weight excluding hydrogens is 228 g/mol. The first-order valence-electron chi connectivity index (χ1n) is 6.57. The molecule has 0 bridgehead atoms. The van der Waals surface area contributed by atoms with E-state index in [1.165, 1.54) is 12.3 Å². The fraction of sp³-hybridized carbons (Fsp3) is 0.571. The average Bonchev–Trinajstić information content (AvgIpc) is 3.13. The molecule has 98 valence electrons. The Morgan fingerprint density at radius 2 is 2.22 bits per heavy atom. The zero-order valence-electron chi connectivity index (χ0n) is 11.0. The third-order valence-electron chi connectivity index (χ3n) is 3.25. The Labute approximate surface area is 107 Å². The van der Waals surface area contributed by atoms with Crippen molar-refractivity contribution in [3.05, 3.63) is 34.2 Å². The summed E-state index contributed by atoms with van der Waals surface area (Å²) >= 11 is 0. The van der Waals surface area contributed by atoms with Crippen LogP contribution in [0.25, 0.3) is 0 Å². The summed E-state index contributed by atoms with van der Waals surface area (Å²) in [6, 6.07) is 1.75. The molecule has 1 aliphatic carbocycles. The zero-order valence-corrected chi connectivity index (χ0v) is 11.0. The van der Waals surface area contributed by atoms with Gasteiger partial charge in [-0.25, -0.2) is 0 Å². The zero-order chi connectivity index (χ0) is 13.1. The number of pyridine rings is 1. The van der Waals surface area contributed by atoms with E-state index in [1.54, 1.807) is 6.20 Å². The standard InChI is InChI=1S/C14H20N2O2/c1-10(2)6-8-16(11-3-4-11)14(18)12-9-15-7-5-13(12)17/h5,7,9-11H,3-4,6,8H2,1-2H3,(H,15,17). The van der Waals surface area contributed by atoms with Gasteiger partial charge in [0.25, 0.3) is 5.91 Å². The highest BCUT2D eigenvalue weighted by atomic mass is 16.2. The maximum absolute atomic E-state index is 12.4. The van der Waals surface area contributed by atoms with E-state index in [4.69, 9.17) is 0 Å². The molecule has 1 N–H and O–H groups in total. The summed E-state index contributed by atoms with van der Waals surface area (Å²) in [4.78, 5) is 28.7. The molecule has 0 saturated heterocycles. The van der Waals surface area contributed by atoms with E-state index in [9.17, 15) is 9.59 Å². The van der Waals surface area contributed by atoms with Crippen LogP contribution in [0.1, 0.15) is 43.5 Å². The molecule has 0 aliphatic heterocycles. The van der Waals surface area contributed by atoms with Crippen LogP contribution >= 0.6 is 0 Å². The molecule has 0 unspecified atom stereocenters. The fourth-order valence-corrected chi connectivity index (χ4v) is 1.97. The van der Waals surface area contributed by atoms with E-state index in [0.717, 1.165) is 25.8 Å². The van der Waals surface area contributed by atoms with Crippen molar-refractivity contribution in [2.24, 2.45) is 5.92 Å². The lowest BCUT2D eigenvalue weighted by Crippen LogP contribution is -2.37. The van der Waals surface area contributed by atoms with Gasteiger partial charge >= 0.3 is 0 Å². The number of carbonyl (C=O) groups excluding carboxylic acids is 1.